The number of nitrogens with two attached hydrogens (primary N) is 1. The number of rotatable bonds is 5. The fourth-order valence-electron chi connectivity index (χ4n) is 3.76. The van der Waals surface area contributed by atoms with Crippen molar-refractivity contribution < 1.29 is 0 Å². The molecule has 0 atom stereocenters. The molecule has 5 rings (SSSR count). The monoisotopic (exact) mass is 493 g/mol. The van der Waals surface area contributed by atoms with Gasteiger partial charge >= 0.3 is 0 Å². The third kappa shape index (κ3) is 4.73. The summed E-state index contributed by atoms with van der Waals surface area (Å²) in [7, 11) is 0. The Balaban J connectivity index is 1.47. The van der Waals surface area contributed by atoms with Gasteiger partial charge < -0.3 is 11.1 Å². The molecule has 3 aromatic heterocycles. The normalized spacial score (nSPS) is 10.6. The molecule has 0 saturated carbocycles. The van der Waals surface area contributed by atoms with Gasteiger partial charge in [0, 0.05) is 19.2 Å². The van der Waals surface area contributed by atoms with Gasteiger partial charge in [0.1, 0.15) is 35.0 Å². The van der Waals surface area contributed by atoms with Crippen molar-refractivity contribution in [2.75, 3.05) is 17.6 Å². The molecular weight excluding hydrogens is 474 g/mol. The molecule has 0 fully saturated rings. The average molecular weight is 494 g/mol. The highest BCUT2D eigenvalue weighted by Gasteiger charge is 2.15. The topological polar surface area (TPSA) is 112 Å². The highest BCUT2D eigenvalue weighted by molar-refractivity contribution is 6.35. The number of para-hydroxylation sites is 1. The number of hydrogen-bond donors (Lipinski definition) is 2. The van der Waals surface area contributed by atoms with Crippen LogP contribution in [0.5, 0.6) is 0 Å². The van der Waals surface area contributed by atoms with Gasteiger partial charge in [-0.25, -0.2) is 19.9 Å². The van der Waals surface area contributed by atoms with Crippen molar-refractivity contribution >= 4 is 34.1 Å². The molecule has 3 N–H and O–H groups in total. The van der Waals surface area contributed by atoms with E-state index in [1.54, 1.807) is 35.0 Å². The number of pyridine rings is 1. The van der Waals surface area contributed by atoms with Crippen molar-refractivity contribution in [2.24, 2.45) is 0 Å². The Hall–Kier alpha value is -4.74. The van der Waals surface area contributed by atoms with E-state index < -0.39 is 0 Å². The summed E-state index contributed by atoms with van der Waals surface area (Å²) in [6.45, 7) is 0.417. The lowest BCUT2D eigenvalue weighted by molar-refractivity contribution is 0.809. The predicted molar refractivity (Wildman–Crippen MR) is 141 cm³/mol. The van der Waals surface area contributed by atoms with Crippen LogP contribution in [0, 0.1) is 11.8 Å². The van der Waals surface area contributed by atoms with Crippen LogP contribution in [0.1, 0.15) is 17.1 Å². The van der Waals surface area contributed by atoms with Gasteiger partial charge in [0.15, 0.2) is 0 Å². The first kappa shape index (κ1) is 23.0. The molecule has 0 bridgehead atoms. The molecule has 2 aromatic carbocycles. The van der Waals surface area contributed by atoms with Crippen LogP contribution in [-0.4, -0.2) is 31.0 Å². The maximum Gasteiger partial charge on any atom is 0.267 e. The van der Waals surface area contributed by atoms with E-state index in [1.165, 1.54) is 6.33 Å². The standard InChI is InChI=1S/C27H20ClN7O/c28-21-10-6-11-22-24(21)27(36)35(19-8-2-1-3-9-19)23(34-22)14-16-31-26-20(25(29)32-17-33-26)13-12-18-7-4-5-15-30-18/h1-11,15,17H,14,16H2,(H3,29,31,32,33). The predicted octanol–water partition coefficient (Wildman–Crippen LogP) is 3.86. The first-order chi connectivity index (χ1) is 17.6. The van der Waals surface area contributed by atoms with Gasteiger partial charge in [-0.05, 0) is 42.3 Å². The van der Waals surface area contributed by atoms with Gasteiger partial charge in [-0.15, -0.1) is 0 Å². The van der Waals surface area contributed by atoms with E-state index >= 15 is 0 Å². The minimum Gasteiger partial charge on any atom is -0.382 e. The Labute approximate surface area is 211 Å². The molecule has 176 valence electrons. The van der Waals surface area contributed by atoms with E-state index in [0.29, 0.717) is 57.5 Å². The molecule has 36 heavy (non-hydrogen) atoms. The summed E-state index contributed by atoms with van der Waals surface area (Å²) in [5.41, 5.74) is 8.19. The smallest absolute Gasteiger partial charge is 0.267 e. The van der Waals surface area contributed by atoms with Gasteiger partial charge in [-0.2, -0.15) is 0 Å². The minimum atomic E-state index is -0.222. The van der Waals surface area contributed by atoms with Crippen molar-refractivity contribution in [3.8, 4) is 17.5 Å². The first-order valence-corrected chi connectivity index (χ1v) is 11.5. The van der Waals surface area contributed by atoms with Crippen LogP contribution in [0.15, 0.2) is 84.0 Å². The number of nitrogen functional groups attached to an aromatic ring is 1. The second-order valence-corrected chi connectivity index (χ2v) is 8.17. The Kier molecular flexibility index (Phi) is 6.56. The van der Waals surface area contributed by atoms with Crippen LogP contribution in [0.3, 0.4) is 0 Å². The molecular formula is C27H20ClN7O. The van der Waals surface area contributed by atoms with Gasteiger partial charge in [0.05, 0.1) is 21.6 Å². The average Bonchev–Trinajstić information content (AvgIpc) is 2.89. The molecule has 0 radical (unpaired) electrons. The highest BCUT2D eigenvalue weighted by atomic mass is 35.5. The van der Waals surface area contributed by atoms with E-state index in [2.05, 4.69) is 32.1 Å². The van der Waals surface area contributed by atoms with E-state index in [1.807, 2.05) is 42.5 Å². The zero-order valence-electron chi connectivity index (χ0n) is 19.0. The number of halogens is 1. The van der Waals surface area contributed by atoms with Gasteiger partial charge in [-0.1, -0.05) is 47.9 Å². The van der Waals surface area contributed by atoms with Crippen LogP contribution < -0.4 is 16.6 Å². The molecule has 0 amide bonds. The van der Waals surface area contributed by atoms with Crippen molar-refractivity contribution in [3.63, 3.8) is 0 Å². The van der Waals surface area contributed by atoms with Gasteiger partial charge in [0.25, 0.3) is 5.56 Å². The Bertz CT molecular complexity index is 1660. The molecule has 0 aliphatic rings. The number of nitrogens with one attached hydrogen (secondary N) is 1. The van der Waals surface area contributed by atoms with Crippen LogP contribution in [0.2, 0.25) is 5.02 Å². The number of fused-ring (bicyclic) bond motifs is 1. The second-order valence-electron chi connectivity index (χ2n) is 7.76. The molecule has 0 saturated heterocycles. The Morgan fingerprint density at radius 3 is 2.58 bits per heavy atom. The zero-order valence-corrected chi connectivity index (χ0v) is 19.8. The highest BCUT2D eigenvalue weighted by Crippen LogP contribution is 2.21. The summed E-state index contributed by atoms with van der Waals surface area (Å²) in [6, 6.07) is 20.1. The fraction of sp³-hybridized carbons (Fsp3) is 0.0741. The quantitative estimate of drug-likeness (QED) is 0.357. The van der Waals surface area contributed by atoms with Crippen molar-refractivity contribution in [1.29, 1.82) is 0 Å². The Morgan fingerprint density at radius 2 is 1.78 bits per heavy atom. The minimum absolute atomic E-state index is 0.222. The van der Waals surface area contributed by atoms with Crippen molar-refractivity contribution in [3.05, 3.63) is 112 Å². The molecule has 8 nitrogen and oxygen atoms in total. The summed E-state index contributed by atoms with van der Waals surface area (Å²) >= 11 is 6.36. The van der Waals surface area contributed by atoms with Gasteiger partial charge in [0.2, 0.25) is 0 Å². The molecule has 5 aromatic rings. The molecule has 3 heterocycles. The third-order valence-electron chi connectivity index (χ3n) is 5.43. The summed E-state index contributed by atoms with van der Waals surface area (Å²) in [4.78, 5) is 30.8. The molecule has 0 aliphatic heterocycles. The van der Waals surface area contributed by atoms with E-state index in [-0.39, 0.29) is 11.4 Å². The summed E-state index contributed by atoms with van der Waals surface area (Å²) in [5, 5.41) is 4.01. The lowest BCUT2D eigenvalue weighted by atomic mass is 10.2. The van der Waals surface area contributed by atoms with Crippen LogP contribution >= 0.6 is 11.6 Å². The van der Waals surface area contributed by atoms with Crippen LogP contribution in [0.4, 0.5) is 11.6 Å². The SMILES string of the molecule is Nc1ncnc(NCCc2nc3cccc(Cl)c3c(=O)n2-c2ccccc2)c1C#Cc1ccccn1. The maximum absolute atomic E-state index is 13.5. The third-order valence-corrected chi connectivity index (χ3v) is 5.74. The summed E-state index contributed by atoms with van der Waals surface area (Å²) in [6.07, 6.45) is 3.47. The second kappa shape index (κ2) is 10.3. The van der Waals surface area contributed by atoms with E-state index in [0.717, 1.165) is 0 Å². The number of nitrogens with zero attached hydrogens (tertiary/aromatic N) is 5. The lowest BCUT2D eigenvalue weighted by Gasteiger charge is -2.15. The summed E-state index contributed by atoms with van der Waals surface area (Å²) < 4.78 is 1.59. The van der Waals surface area contributed by atoms with E-state index in [4.69, 9.17) is 22.3 Å². The fourth-order valence-corrected chi connectivity index (χ4v) is 4.01. The van der Waals surface area contributed by atoms with Crippen molar-refractivity contribution in [2.45, 2.75) is 6.42 Å². The summed E-state index contributed by atoms with van der Waals surface area (Å²) in [5.74, 6) is 7.32. The first-order valence-electron chi connectivity index (χ1n) is 11.1. The van der Waals surface area contributed by atoms with E-state index in [9.17, 15) is 4.79 Å². The number of hydrogen-bond acceptors (Lipinski definition) is 7. The number of anilines is 2. The molecule has 0 aliphatic carbocycles. The lowest BCUT2D eigenvalue weighted by Crippen LogP contribution is -2.25. The van der Waals surface area contributed by atoms with Gasteiger partial charge in [-0.3, -0.25) is 9.36 Å². The molecule has 0 unspecified atom stereocenters. The van der Waals surface area contributed by atoms with Crippen LogP contribution in [-0.2, 0) is 6.42 Å². The maximum atomic E-state index is 13.5. The Morgan fingerprint density at radius 1 is 0.944 bits per heavy atom. The van der Waals surface area contributed by atoms with Crippen LogP contribution in [0.25, 0.3) is 16.6 Å². The zero-order chi connectivity index (χ0) is 24.9. The number of aromatic nitrogens is 5. The largest absolute Gasteiger partial charge is 0.382 e. The van der Waals surface area contributed by atoms with Crippen molar-refractivity contribution in [1.82, 2.24) is 24.5 Å². The molecule has 9 heteroatoms. The molecule has 0 spiro atoms. The number of benzene rings is 2.